The van der Waals surface area contributed by atoms with Crippen molar-refractivity contribution in [1.29, 1.82) is 0 Å². The van der Waals surface area contributed by atoms with E-state index in [4.69, 9.17) is 18.9 Å². The molecule has 1 spiro atoms. The van der Waals surface area contributed by atoms with Crippen molar-refractivity contribution in [3.8, 4) is 5.69 Å². The summed E-state index contributed by atoms with van der Waals surface area (Å²) in [6, 6.07) is 6.44. The molecule has 0 bridgehead atoms. The fraction of sp³-hybridized carbons (Fsp3) is 0.542. The van der Waals surface area contributed by atoms with E-state index in [0.717, 1.165) is 42.6 Å². The first-order valence-electron chi connectivity index (χ1n) is 10.9. The van der Waals surface area contributed by atoms with Crippen LogP contribution < -0.4 is 0 Å². The summed E-state index contributed by atoms with van der Waals surface area (Å²) in [7, 11) is 3.37. The first kappa shape index (κ1) is 20.8. The summed E-state index contributed by atoms with van der Waals surface area (Å²) >= 11 is 0. The van der Waals surface area contributed by atoms with Gasteiger partial charge in [0.25, 0.3) is 0 Å². The van der Waals surface area contributed by atoms with Crippen LogP contribution >= 0.6 is 0 Å². The van der Waals surface area contributed by atoms with E-state index in [0.29, 0.717) is 13.2 Å². The maximum Gasteiger partial charge on any atom is 0.178 e. The van der Waals surface area contributed by atoms with Crippen molar-refractivity contribution in [1.82, 2.24) is 9.78 Å². The summed E-state index contributed by atoms with van der Waals surface area (Å²) in [4.78, 5) is 0. The molecule has 2 heterocycles. The van der Waals surface area contributed by atoms with Gasteiger partial charge in [-0.15, -0.1) is 0 Å². The number of nitrogens with zero attached hydrogens (tertiary/aromatic N) is 2. The number of hydrogen-bond acceptors (Lipinski definition) is 5. The lowest BCUT2D eigenvalue weighted by atomic mass is 9.62. The van der Waals surface area contributed by atoms with Crippen LogP contribution in [-0.4, -0.2) is 55.2 Å². The van der Waals surface area contributed by atoms with E-state index in [2.05, 4.69) is 18.1 Å². The second-order valence-corrected chi connectivity index (χ2v) is 8.95. The third-order valence-corrected chi connectivity index (χ3v) is 7.07. The van der Waals surface area contributed by atoms with Crippen LogP contribution in [-0.2, 0) is 25.4 Å². The van der Waals surface area contributed by atoms with E-state index in [-0.39, 0.29) is 23.4 Å². The zero-order chi connectivity index (χ0) is 21.6. The van der Waals surface area contributed by atoms with Crippen LogP contribution in [0.1, 0.15) is 37.4 Å². The molecule has 2 aliphatic carbocycles. The first-order valence-corrected chi connectivity index (χ1v) is 10.9. The maximum atomic E-state index is 13.4. The molecular weight excluding hydrogens is 399 g/mol. The van der Waals surface area contributed by atoms with Crippen molar-refractivity contribution in [2.75, 3.05) is 27.4 Å². The van der Waals surface area contributed by atoms with Crippen LogP contribution in [0.25, 0.3) is 11.8 Å². The van der Waals surface area contributed by atoms with Crippen molar-refractivity contribution in [3.63, 3.8) is 0 Å². The van der Waals surface area contributed by atoms with Gasteiger partial charge in [0, 0.05) is 26.1 Å². The minimum absolute atomic E-state index is 0.163. The predicted molar refractivity (Wildman–Crippen MR) is 113 cm³/mol. The highest BCUT2D eigenvalue weighted by atomic mass is 19.1. The van der Waals surface area contributed by atoms with Gasteiger partial charge < -0.3 is 18.9 Å². The molecule has 1 unspecified atom stereocenters. The Morgan fingerprint density at radius 2 is 1.81 bits per heavy atom. The quantitative estimate of drug-likeness (QED) is 0.723. The molecule has 31 heavy (non-hydrogen) atoms. The molecule has 2 aromatic rings. The van der Waals surface area contributed by atoms with Gasteiger partial charge in [0.1, 0.15) is 18.0 Å². The van der Waals surface area contributed by atoms with Gasteiger partial charge in [0.2, 0.25) is 0 Å². The lowest BCUT2D eigenvalue weighted by Gasteiger charge is -2.51. The molecule has 3 aliphatic rings. The average Bonchev–Trinajstić information content (AvgIpc) is 3.31. The number of benzene rings is 1. The second-order valence-electron chi connectivity index (χ2n) is 8.95. The second kappa shape index (κ2) is 7.81. The molecule has 1 saturated heterocycles. The van der Waals surface area contributed by atoms with E-state index in [1.807, 2.05) is 10.9 Å². The standard InChI is InChI=1S/C24H29FN2O4/c1-23-12-16-13-26-27(19-8-6-18(25)7-9-19)20(16)11-17(23)5-4-10-24(23)30-21(14-28-2)22(31-24)15-29-3/h6-9,11,13,21-22H,4-5,10,12,14-15H2,1-3H3/t21-,22-,23?/m0/s1. The molecule has 0 amide bonds. The molecule has 3 atom stereocenters. The number of hydrogen-bond donors (Lipinski definition) is 0. The molecule has 0 radical (unpaired) electrons. The maximum absolute atomic E-state index is 13.4. The van der Waals surface area contributed by atoms with Gasteiger partial charge in [0.05, 0.1) is 30.8 Å². The van der Waals surface area contributed by atoms with Crippen molar-refractivity contribution in [3.05, 3.63) is 53.1 Å². The normalized spacial score (nSPS) is 29.0. The number of halogens is 1. The summed E-state index contributed by atoms with van der Waals surface area (Å²) in [5.41, 5.74) is 4.05. The Hall–Kier alpha value is -2.06. The van der Waals surface area contributed by atoms with Crippen molar-refractivity contribution in [2.45, 2.75) is 50.6 Å². The van der Waals surface area contributed by atoms with Gasteiger partial charge in [-0.2, -0.15) is 5.10 Å². The summed E-state index contributed by atoms with van der Waals surface area (Å²) in [6.07, 6.45) is 7.40. The molecule has 5 rings (SSSR count). The van der Waals surface area contributed by atoms with Crippen LogP contribution in [0.4, 0.5) is 4.39 Å². The lowest BCUT2D eigenvalue weighted by molar-refractivity contribution is -0.251. The topological polar surface area (TPSA) is 54.7 Å². The fourth-order valence-corrected chi connectivity index (χ4v) is 5.46. The van der Waals surface area contributed by atoms with Crippen LogP contribution in [0.5, 0.6) is 0 Å². The van der Waals surface area contributed by atoms with Crippen molar-refractivity contribution >= 4 is 6.08 Å². The molecule has 166 valence electrons. The highest BCUT2D eigenvalue weighted by Crippen LogP contribution is 2.58. The number of ether oxygens (including phenoxy) is 4. The minimum Gasteiger partial charge on any atom is -0.382 e. The first-order chi connectivity index (χ1) is 15.0. The van der Waals surface area contributed by atoms with Crippen molar-refractivity contribution in [2.24, 2.45) is 5.41 Å². The molecule has 1 aliphatic heterocycles. The van der Waals surface area contributed by atoms with E-state index < -0.39 is 5.79 Å². The Morgan fingerprint density at radius 3 is 2.45 bits per heavy atom. The zero-order valence-electron chi connectivity index (χ0n) is 18.3. The molecule has 6 nitrogen and oxygen atoms in total. The summed E-state index contributed by atoms with van der Waals surface area (Å²) in [5.74, 6) is -0.962. The Kier molecular flexibility index (Phi) is 5.25. The minimum atomic E-state index is -0.709. The Labute approximate surface area is 181 Å². The van der Waals surface area contributed by atoms with Gasteiger partial charge in [-0.1, -0.05) is 12.5 Å². The largest absolute Gasteiger partial charge is 0.382 e. The van der Waals surface area contributed by atoms with Crippen molar-refractivity contribution < 1.29 is 23.3 Å². The van der Waals surface area contributed by atoms with Crippen LogP contribution in [0, 0.1) is 11.2 Å². The average molecular weight is 429 g/mol. The lowest BCUT2D eigenvalue weighted by Crippen LogP contribution is -2.54. The molecule has 0 N–H and O–H groups in total. The summed E-state index contributed by atoms with van der Waals surface area (Å²) < 4.78 is 39.4. The molecule has 1 aromatic heterocycles. The predicted octanol–water partition coefficient (Wildman–Crippen LogP) is 3.91. The molecule has 1 aromatic carbocycles. The van der Waals surface area contributed by atoms with E-state index >= 15 is 0 Å². The number of fused-ring (bicyclic) bond motifs is 3. The van der Waals surface area contributed by atoms with Gasteiger partial charge in [-0.3, -0.25) is 0 Å². The monoisotopic (exact) mass is 428 g/mol. The van der Waals surface area contributed by atoms with E-state index in [1.165, 1.54) is 17.7 Å². The third kappa shape index (κ3) is 3.26. The number of rotatable bonds is 5. The van der Waals surface area contributed by atoms with Crippen LogP contribution in [0.2, 0.25) is 0 Å². The highest BCUT2D eigenvalue weighted by molar-refractivity contribution is 5.62. The van der Waals surface area contributed by atoms with Crippen LogP contribution in [0.15, 0.2) is 36.0 Å². The molecule has 7 heteroatoms. The SMILES string of the molecule is COC[C@@H]1OC2(CCCC3=Cc4c(cnn4-c4ccc(F)cc4)CC32C)O[C@H]1COC. The summed E-state index contributed by atoms with van der Waals surface area (Å²) in [5, 5.41) is 4.62. The van der Waals surface area contributed by atoms with Gasteiger partial charge >= 0.3 is 0 Å². The van der Waals surface area contributed by atoms with E-state index in [9.17, 15) is 4.39 Å². The summed E-state index contributed by atoms with van der Waals surface area (Å²) in [6.45, 7) is 3.19. The van der Waals surface area contributed by atoms with Gasteiger partial charge in [0.15, 0.2) is 5.79 Å². The molecular formula is C24H29FN2O4. The third-order valence-electron chi connectivity index (χ3n) is 7.07. The Balaban J connectivity index is 1.52. The Morgan fingerprint density at radius 1 is 1.13 bits per heavy atom. The van der Waals surface area contributed by atoms with Gasteiger partial charge in [-0.25, -0.2) is 9.07 Å². The van der Waals surface area contributed by atoms with Crippen LogP contribution in [0.3, 0.4) is 0 Å². The number of aromatic nitrogens is 2. The van der Waals surface area contributed by atoms with E-state index in [1.54, 1.807) is 26.4 Å². The smallest absolute Gasteiger partial charge is 0.178 e. The Bertz CT molecular complexity index is 972. The van der Waals surface area contributed by atoms with Gasteiger partial charge in [-0.05, 0) is 55.2 Å². The molecule has 2 fully saturated rings. The number of methoxy groups -OCH3 is 2. The fourth-order valence-electron chi connectivity index (χ4n) is 5.46. The molecule has 1 saturated carbocycles. The highest BCUT2D eigenvalue weighted by Gasteiger charge is 2.61. The zero-order valence-corrected chi connectivity index (χ0v) is 18.3.